The second-order valence-electron chi connectivity index (χ2n) is 10.3. The van der Waals surface area contributed by atoms with E-state index in [0.29, 0.717) is 50.6 Å². The van der Waals surface area contributed by atoms with Crippen molar-refractivity contribution in [3.63, 3.8) is 0 Å². The summed E-state index contributed by atoms with van der Waals surface area (Å²) < 4.78 is 1.67. The fourth-order valence-corrected chi connectivity index (χ4v) is 4.96. The van der Waals surface area contributed by atoms with Gasteiger partial charge in [-0.05, 0) is 49.9 Å². The number of aliphatic hydroxyl groups is 1. The minimum Gasteiger partial charge on any atom is -0.382 e. The molecule has 41 heavy (non-hydrogen) atoms. The monoisotopic (exact) mass is 545 g/mol. The van der Waals surface area contributed by atoms with Gasteiger partial charge in [-0.25, -0.2) is 19.9 Å². The van der Waals surface area contributed by atoms with Gasteiger partial charge < -0.3 is 15.4 Å². The fraction of sp³-hybridized carbons (Fsp3) is 0.161. The molecule has 0 fully saturated rings. The van der Waals surface area contributed by atoms with Gasteiger partial charge in [0.15, 0.2) is 11.3 Å². The zero-order valence-electron chi connectivity index (χ0n) is 22.7. The number of benzene rings is 2. The molecule has 2 aromatic carbocycles. The van der Waals surface area contributed by atoms with Crippen molar-refractivity contribution in [2.45, 2.75) is 32.4 Å². The van der Waals surface area contributed by atoms with Crippen LogP contribution in [0.15, 0.2) is 95.2 Å². The highest BCUT2D eigenvalue weighted by Gasteiger charge is 2.22. The molecule has 6 rings (SSSR count). The molecule has 0 saturated carbocycles. The van der Waals surface area contributed by atoms with Gasteiger partial charge >= 0.3 is 0 Å². The van der Waals surface area contributed by atoms with E-state index in [1.165, 1.54) is 12.4 Å². The molecule has 10 nitrogen and oxygen atoms in total. The first-order valence-electron chi connectivity index (χ1n) is 13.1. The predicted octanol–water partition coefficient (Wildman–Crippen LogP) is 4.48. The predicted molar refractivity (Wildman–Crippen MR) is 158 cm³/mol. The highest BCUT2D eigenvalue weighted by Crippen LogP contribution is 2.30. The van der Waals surface area contributed by atoms with Gasteiger partial charge in [0, 0.05) is 41.6 Å². The van der Waals surface area contributed by atoms with E-state index in [4.69, 9.17) is 0 Å². The summed E-state index contributed by atoms with van der Waals surface area (Å²) in [5.74, 6) is 0.663. The van der Waals surface area contributed by atoms with E-state index in [2.05, 4.69) is 30.2 Å². The lowest BCUT2D eigenvalue weighted by Gasteiger charge is -2.22. The highest BCUT2D eigenvalue weighted by atomic mass is 16.3. The molecule has 204 valence electrons. The molecular formula is C31H27N7O3. The van der Waals surface area contributed by atoms with E-state index >= 15 is 0 Å². The summed E-state index contributed by atoms with van der Waals surface area (Å²) in [6.07, 6.45) is 6.17. The van der Waals surface area contributed by atoms with Crippen molar-refractivity contribution in [2.24, 2.45) is 0 Å². The molecule has 3 N–H and O–H groups in total. The SMILES string of the molecule is C[C@H](Nc1ncnc2[nH]ccc(=O)c12)c1cc2cccc(-c3cnc(C(C)(C)O)nc3)c2c(=O)n1-c1ccccc1. The molecule has 4 heterocycles. The summed E-state index contributed by atoms with van der Waals surface area (Å²) in [5.41, 5.74) is 1.51. The third-order valence-corrected chi connectivity index (χ3v) is 6.94. The zero-order chi connectivity index (χ0) is 28.7. The van der Waals surface area contributed by atoms with Crippen LogP contribution in [0.3, 0.4) is 0 Å². The number of para-hydroxylation sites is 1. The molecule has 6 aromatic rings. The summed E-state index contributed by atoms with van der Waals surface area (Å²) in [4.78, 5) is 47.2. The van der Waals surface area contributed by atoms with Gasteiger partial charge in [-0.1, -0.05) is 36.4 Å². The number of nitrogens with zero attached hydrogens (tertiary/aromatic N) is 5. The summed E-state index contributed by atoms with van der Waals surface area (Å²) in [6, 6.07) is 18.0. The van der Waals surface area contributed by atoms with Crippen LogP contribution in [-0.2, 0) is 5.60 Å². The molecule has 0 bridgehead atoms. The average Bonchev–Trinajstić information content (AvgIpc) is 2.97. The number of rotatable bonds is 6. The van der Waals surface area contributed by atoms with Gasteiger partial charge in [0.05, 0.1) is 11.4 Å². The molecule has 0 aliphatic rings. The van der Waals surface area contributed by atoms with Crippen molar-refractivity contribution in [1.29, 1.82) is 0 Å². The third-order valence-electron chi connectivity index (χ3n) is 6.94. The van der Waals surface area contributed by atoms with E-state index in [1.807, 2.05) is 61.5 Å². The quantitative estimate of drug-likeness (QED) is 0.278. The zero-order valence-corrected chi connectivity index (χ0v) is 22.7. The molecule has 0 aliphatic carbocycles. The largest absolute Gasteiger partial charge is 0.382 e. The van der Waals surface area contributed by atoms with Crippen LogP contribution in [0.1, 0.15) is 38.3 Å². The molecule has 10 heteroatoms. The Bertz CT molecular complexity index is 2010. The van der Waals surface area contributed by atoms with E-state index in [-0.39, 0.29) is 11.0 Å². The van der Waals surface area contributed by atoms with Crippen molar-refractivity contribution in [3.05, 3.63) is 118 Å². The van der Waals surface area contributed by atoms with Crippen molar-refractivity contribution >= 4 is 27.6 Å². The Labute approximate surface area is 234 Å². The number of H-pyrrole nitrogens is 1. The van der Waals surface area contributed by atoms with Crippen LogP contribution in [0.5, 0.6) is 0 Å². The Hall–Kier alpha value is -5.22. The van der Waals surface area contributed by atoms with Crippen LogP contribution >= 0.6 is 0 Å². The molecule has 0 radical (unpaired) electrons. The van der Waals surface area contributed by atoms with Crippen molar-refractivity contribution in [2.75, 3.05) is 5.32 Å². The van der Waals surface area contributed by atoms with Crippen LogP contribution in [0, 0.1) is 0 Å². The summed E-state index contributed by atoms with van der Waals surface area (Å²) in [7, 11) is 0. The Morgan fingerprint density at radius 2 is 1.68 bits per heavy atom. The standard InChI is InChI=1S/C31H27N7O3/c1-18(37-28-26-24(39)12-13-32-27(26)35-17-36-28)23-14-19-8-7-11-22(20-15-33-30(34-16-20)31(2,3)41)25(19)29(40)38(23)21-9-5-4-6-10-21/h4-18,41H,1-3H3,(H2,32,35,36,37,39)/t18-/m0/s1. The molecular weight excluding hydrogens is 518 g/mol. The molecule has 0 amide bonds. The highest BCUT2D eigenvalue weighted by molar-refractivity contribution is 5.96. The molecule has 0 unspecified atom stereocenters. The Balaban J connectivity index is 1.54. The maximum absolute atomic E-state index is 14.4. The number of aromatic amines is 1. The lowest BCUT2D eigenvalue weighted by molar-refractivity contribution is 0.0687. The van der Waals surface area contributed by atoms with Crippen LogP contribution < -0.4 is 16.3 Å². The summed E-state index contributed by atoms with van der Waals surface area (Å²) >= 11 is 0. The second-order valence-corrected chi connectivity index (χ2v) is 10.3. The number of aromatic nitrogens is 6. The van der Waals surface area contributed by atoms with Gasteiger partial charge in [-0.2, -0.15) is 0 Å². The topological polar surface area (TPSA) is 139 Å². The van der Waals surface area contributed by atoms with Crippen LogP contribution in [0.4, 0.5) is 5.82 Å². The Kier molecular flexibility index (Phi) is 6.39. The molecule has 0 aliphatic heterocycles. The molecule has 4 aromatic heterocycles. The Morgan fingerprint density at radius 3 is 2.41 bits per heavy atom. The first kappa shape index (κ1) is 26.0. The van der Waals surface area contributed by atoms with Gasteiger partial charge in [-0.15, -0.1) is 0 Å². The van der Waals surface area contributed by atoms with E-state index < -0.39 is 11.6 Å². The van der Waals surface area contributed by atoms with Crippen molar-refractivity contribution < 1.29 is 5.11 Å². The van der Waals surface area contributed by atoms with Crippen molar-refractivity contribution in [3.8, 4) is 16.8 Å². The molecule has 1 atom stereocenters. The number of hydrogen-bond donors (Lipinski definition) is 3. The molecule has 0 saturated heterocycles. The lowest BCUT2D eigenvalue weighted by atomic mass is 9.99. The first-order valence-corrected chi connectivity index (χ1v) is 13.1. The number of pyridine rings is 2. The van der Waals surface area contributed by atoms with E-state index in [0.717, 1.165) is 5.39 Å². The number of hydrogen-bond acceptors (Lipinski definition) is 8. The first-order chi connectivity index (χ1) is 19.7. The van der Waals surface area contributed by atoms with Crippen LogP contribution in [0.2, 0.25) is 0 Å². The summed E-state index contributed by atoms with van der Waals surface area (Å²) in [6.45, 7) is 5.16. The smallest absolute Gasteiger partial charge is 0.263 e. The number of anilines is 1. The minimum absolute atomic E-state index is 0.213. The van der Waals surface area contributed by atoms with Crippen LogP contribution in [0.25, 0.3) is 38.6 Å². The lowest BCUT2D eigenvalue weighted by Crippen LogP contribution is -2.26. The average molecular weight is 546 g/mol. The fourth-order valence-electron chi connectivity index (χ4n) is 4.96. The van der Waals surface area contributed by atoms with E-state index in [1.54, 1.807) is 37.0 Å². The van der Waals surface area contributed by atoms with Gasteiger partial charge in [-0.3, -0.25) is 14.2 Å². The van der Waals surface area contributed by atoms with E-state index in [9.17, 15) is 14.7 Å². The minimum atomic E-state index is -1.19. The maximum atomic E-state index is 14.4. The van der Waals surface area contributed by atoms with Gasteiger partial charge in [0.1, 0.15) is 28.8 Å². The second kappa shape index (κ2) is 10.1. The van der Waals surface area contributed by atoms with Gasteiger partial charge in [0.25, 0.3) is 5.56 Å². The van der Waals surface area contributed by atoms with Crippen LogP contribution in [-0.4, -0.2) is 34.6 Å². The normalized spacial score (nSPS) is 12.5. The maximum Gasteiger partial charge on any atom is 0.263 e. The third kappa shape index (κ3) is 4.74. The van der Waals surface area contributed by atoms with Gasteiger partial charge in [0.2, 0.25) is 0 Å². The van der Waals surface area contributed by atoms with Crippen molar-refractivity contribution in [1.82, 2.24) is 29.5 Å². The molecule has 0 spiro atoms. The number of fused-ring (bicyclic) bond motifs is 2. The summed E-state index contributed by atoms with van der Waals surface area (Å²) in [5, 5.41) is 15.2. The number of nitrogens with one attached hydrogen (secondary N) is 2. The Morgan fingerprint density at radius 1 is 0.927 bits per heavy atom.